The van der Waals surface area contributed by atoms with Gasteiger partial charge in [-0.2, -0.15) is 5.10 Å². The molecular formula is C23H27N5OS. The molecule has 0 unspecified atom stereocenters. The molecule has 1 aliphatic rings. The monoisotopic (exact) mass is 421 g/mol. The fourth-order valence-corrected chi connectivity index (χ4v) is 3.97. The van der Waals surface area contributed by atoms with Crippen LogP contribution < -0.4 is 10.2 Å². The van der Waals surface area contributed by atoms with E-state index in [1.807, 2.05) is 35.8 Å². The molecule has 1 saturated heterocycles. The zero-order valence-corrected chi connectivity index (χ0v) is 18.0. The highest BCUT2D eigenvalue weighted by Crippen LogP contribution is 2.21. The molecule has 156 valence electrons. The van der Waals surface area contributed by atoms with E-state index in [9.17, 15) is 4.79 Å². The molecule has 2 heterocycles. The Balaban J connectivity index is 1.31. The van der Waals surface area contributed by atoms with Crippen LogP contribution >= 0.6 is 12.2 Å². The van der Waals surface area contributed by atoms with Gasteiger partial charge in [-0.3, -0.25) is 14.5 Å². The highest BCUT2D eigenvalue weighted by molar-refractivity contribution is 7.71. The summed E-state index contributed by atoms with van der Waals surface area (Å²) in [6, 6.07) is 16.6. The van der Waals surface area contributed by atoms with Crippen LogP contribution in [0.2, 0.25) is 0 Å². The van der Waals surface area contributed by atoms with Gasteiger partial charge in [0, 0.05) is 43.9 Å². The van der Waals surface area contributed by atoms with Crippen molar-refractivity contribution in [1.29, 1.82) is 0 Å². The van der Waals surface area contributed by atoms with Crippen LogP contribution in [0.3, 0.4) is 0 Å². The summed E-state index contributed by atoms with van der Waals surface area (Å²) in [5, 5.41) is 10.2. The number of rotatable bonds is 7. The number of nitrogens with zero attached hydrogens (tertiary/aromatic N) is 3. The van der Waals surface area contributed by atoms with Crippen LogP contribution in [0.25, 0.3) is 11.4 Å². The quantitative estimate of drug-likeness (QED) is 0.561. The number of carbonyl (C=O) groups is 1. The third-order valence-corrected chi connectivity index (χ3v) is 5.84. The first-order valence-corrected chi connectivity index (χ1v) is 10.8. The van der Waals surface area contributed by atoms with E-state index in [1.54, 1.807) is 0 Å². The number of aryl methyl sites for hydroxylation is 1. The molecule has 3 aromatic rings. The van der Waals surface area contributed by atoms with Crippen molar-refractivity contribution in [2.75, 3.05) is 18.0 Å². The lowest BCUT2D eigenvalue weighted by Crippen LogP contribution is -2.24. The standard InChI is InChI=1S/C23H27N5OS/c1-17-4-8-19(9-5-17)22-25-26-23(30)28(22)15-12-21(29)24-16-18-6-10-20(11-7-18)27-13-2-3-14-27/h4-11H,2-3,12-16H2,1H3,(H,24,29)(H,26,30). The molecule has 0 saturated carbocycles. The van der Waals surface area contributed by atoms with Crippen molar-refractivity contribution < 1.29 is 4.79 Å². The number of hydrogen-bond donors (Lipinski definition) is 2. The topological polar surface area (TPSA) is 66.0 Å². The lowest BCUT2D eigenvalue weighted by atomic mass is 10.1. The summed E-state index contributed by atoms with van der Waals surface area (Å²) in [4.78, 5) is 14.8. The maximum atomic E-state index is 12.4. The summed E-state index contributed by atoms with van der Waals surface area (Å²) in [7, 11) is 0. The van der Waals surface area contributed by atoms with Crippen LogP contribution in [-0.2, 0) is 17.9 Å². The van der Waals surface area contributed by atoms with Gasteiger partial charge >= 0.3 is 0 Å². The number of aromatic nitrogens is 3. The first kappa shape index (κ1) is 20.3. The van der Waals surface area contributed by atoms with E-state index in [1.165, 1.54) is 24.1 Å². The lowest BCUT2D eigenvalue weighted by Gasteiger charge is -2.17. The molecular weight excluding hydrogens is 394 g/mol. The minimum atomic E-state index is -0.00317. The van der Waals surface area contributed by atoms with Crippen LogP contribution in [0.15, 0.2) is 48.5 Å². The molecule has 30 heavy (non-hydrogen) atoms. The highest BCUT2D eigenvalue weighted by atomic mass is 32.1. The molecule has 2 aromatic carbocycles. The van der Waals surface area contributed by atoms with Crippen molar-refractivity contribution in [3.63, 3.8) is 0 Å². The first-order chi connectivity index (χ1) is 14.6. The smallest absolute Gasteiger partial charge is 0.222 e. The predicted molar refractivity (Wildman–Crippen MR) is 122 cm³/mol. The third kappa shape index (κ3) is 4.79. The number of amides is 1. The molecule has 0 spiro atoms. The van der Waals surface area contributed by atoms with Gasteiger partial charge in [-0.25, -0.2) is 0 Å². The number of H-pyrrole nitrogens is 1. The molecule has 4 rings (SSSR count). The number of hydrogen-bond acceptors (Lipinski definition) is 4. The van der Waals surface area contributed by atoms with Crippen molar-refractivity contribution in [2.24, 2.45) is 0 Å². The van der Waals surface area contributed by atoms with Gasteiger partial charge in [-0.15, -0.1) is 0 Å². The van der Waals surface area contributed by atoms with Gasteiger partial charge in [0.1, 0.15) is 0 Å². The van der Waals surface area contributed by atoms with Crippen molar-refractivity contribution >= 4 is 23.8 Å². The van der Waals surface area contributed by atoms with Crippen molar-refractivity contribution in [3.8, 4) is 11.4 Å². The minimum Gasteiger partial charge on any atom is -0.372 e. The molecule has 1 amide bonds. The largest absolute Gasteiger partial charge is 0.372 e. The van der Waals surface area contributed by atoms with E-state index >= 15 is 0 Å². The number of benzene rings is 2. The zero-order valence-electron chi connectivity index (χ0n) is 17.2. The molecule has 0 bridgehead atoms. The summed E-state index contributed by atoms with van der Waals surface area (Å²) >= 11 is 5.36. The van der Waals surface area contributed by atoms with Gasteiger partial charge < -0.3 is 10.2 Å². The van der Waals surface area contributed by atoms with Crippen LogP contribution in [0.5, 0.6) is 0 Å². The summed E-state index contributed by atoms with van der Waals surface area (Å²) in [5.74, 6) is 0.752. The molecule has 7 heteroatoms. The summed E-state index contributed by atoms with van der Waals surface area (Å²) in [5.41, 5.74) is 4.53. The first-order valence-electron chi connectivity index (χ1n) is 10.4. The number of carbonyl (C=O) groups excluding carboxylic acids is 1. The van der Waals surface area contributed by atoms with Gasteiger partial charge in [0.2, 0.25) is 5.91 Å². The van der Waals surface area contributed by atoms with Gasteiger partial charge in [0.25, 0.3) is 0 Å². The Labute approximate surface area is 181 Å². The second-order valence-electron chi connectivity index (χ2n) is 7.76. The molecule has 0 radical (unpaired) electrons. The van der Waals surface area contributed by atoms with Crippen molar-refractivity contribution in [3.05, 3.63) is 64.4 Å². The molecule has 0 atom stereocenters. The third-order valence-electron chi connectivity index (χ3n) is 5.53. The van der Waals surface area contributed by atoms with E-state index < -0.39 is 0 Å². The normalized spacial score (nSPS) is 13.6. The average molecular weight is 422 g/mol. The van der Waals surface area contributed by atoms with E-state index in [0.29, 0.717) is 24.3 Å². The van der Waals surface area contributed by atoms with Crippen molar-refractivity contribution in [1.82, 2.24) is 20.1 Å². The Morgan fingerprint density at radius 2 is 1.80 bits per heavy atom. The number of nitrogens with one attached hydrogen (secondary N) is 2. The summed E-state index contributed by atoms with van der Waals surface area (Å²) in [6.45, 7) is 5.33. The van der Waals surface area contributed by atoms with Crippen LogP contribution in [0.1, 0.15) is 30.4 Å². The Morgan fingerprint density at radius 3 is 2.50 bits per heavy atom. The van der Waals surface area contributed by atoms with Gasteiger partial charge in [0.15, 0.2) is 10.6 Å². The second kappa shape index (κ2) is 9.26. The molecule has 1 aromatic heterocycles. The maximum absolute atomic E-state index is 12.4. The number of anilines is 1. The predicted octanol–water partition coefficient (Wildman–Crippen LogP) is 4.22. The molecule has 2 N–H and O–H groups in total. The van der Waals surface area contributed by atoms with Gasteiger partial charge in [-0.1, -0.05) is 42.0 Å². The Kier molecular flexibility index (Phi) is 6.28. The maximum Gasteiger partial charge on any atom is 0.222 e. The molecule has 1 fully saturated rings. The van der Waals surface area contributed by atoms with Crippen LogP contribution in [0.4, 0.5) is 5.69 Å². The Hall–Kier alpha value is -2.93. The lowest BCUT2D eigenvalue weighted by molar-refractivity contribution is -0.121. The van der Waals surface area contributed by atoms with Crippen LogP contribution in [-0.4, -0.2) is 33.8 Å². The van der Waals surface area contributed by atoms with Crippen molar-refractivity contribution in [2.45, 2.75) is 39.3 Å². The van der Waals surface area contributed by atoms with E-state index in [4.69, 9.17) is 12.2 Å². The van der Waals surface area contributed by atoms with E-state index in [2.05, 4.69) is 44.7 Å². The summed E-state index contributed by atoms with van der Waals surface area (Å²) in [6.07, 6.45) is 2.88. The van der Waals surface area contributed by atoms with Gasteiger partial charge in [0.05, 0.1) is 0 Å². The fraction of sp³-hybridized carbons (Fsp3) is 0.348. The SMILES string of the molecule is Cc1ccc(-c2n[nH]c(=S)n2CCC(=O)NCc2ccc(N3CCCC3)cc2)cc1. The number of aromatic amines is 1. The van der Waals surface area contributed by atoms with Gasteiger partial charge in [-0.05, 0) is 49.7 Å². The Bertz CT molecular complexity index is 1050. The molecule has 6 nitrogen and oxygen atoms in total. The second-order valence-corrected chi connectivity index (χ2v) is 8.14. The highest BCUT2D eigenvalue weighted by Gasteiger charge is 2.13. The van der Waals surface area contributed by atoms with Crippen LogP contribution in [0, 0.1) is 11.7 Å². The molecule has 0 aliphatic carbocycles. The zero-order chi connectivity index (χ0) is 20.9. The summed E-state index contributed by atoms with van der Waals surface area (Å²) < 4.78 is 2.40. The van der Waals surface area contributed by atoms with E-state index in [-0.39, 0.29) is 5.91 Å². The van der Waals surface area contributed by atoms with E-state index in [0.717, 1.165) is 30.0 Å². The fourth-order valence-electron chi connectivity index (χ4n) is 3.75. The molecule has 1 aliphatic heterocycles. The minimum absolute atomic E-state index is 0.00317. The Morgan fingerprint density at radius 1 is 1.10 bits per heavy atom. The average Bonchev–Trinajstić information content (AvgIpc) is 3.42.